The van der Waals surface area contributed by atoms with E-state index in [1.54, 1.807) is 19.2 Å². The molecule has 29 heavy (non-hydrogen) atoms. The van der Waals surface area contributed by atoms with Crippen LogP contribution in [0.5, 0.6) is 11.5 Å². The predicted molar refractivity (Wildman–Crippen MR) is 106 cm³/mol. The molecule has 0 bridgehead atoms. The van der Waals surface area contributed by atoms with Crippen LogP contribution in [-0.4, -0.2) is 40.4 Å². The Bertz CT molecular complexity index is 985. The van der Waals surface area contributed by atoms with Gasteiger partial charge in [0.2, 0.25) is 0 Å². The highest BCUT2D eigenvalue weighted by Gasteiger charge is 2.27. The minimum absolute atomic E-state index is 0.0428. The van der Waals surface area contributed by atoms with Crippen LogP contribution < -0.4 is 4.74 Å². The Morgan fingerprint density at radius 1 is 1.24 bits per heavy atom. The van der Waals surface area contributed by atoms with Crippen LogP contribution >= 0.6 is 0 Å². The molecule has 3 aromatic rings. The Morgan fingerprint density at radius 2 is 2.03 bits per heavy atom. The van der Waals surface area contributed by atoms with Gasteiger partial charge in [-0.1, -0.05) is 6.07 Å². The third kappa shape index (κ3) is 3.96. The number of nitrogens with one attached hydrogen (secondary N) is 1. The molecule has 152 valence electrons. The summed E-state index contributed by atoms with van der Waals surface area (Å²) in [7, 11) is 1.59. The van der Waals surface area contributed by atoms with Crippen molar-refractivity contribution in [3.8, 4) is 22.6 Å². The second-order valence-corrected chi connectivity index (χ2v) is 7.36. The molecule has 0 aliphatic carbocycles. The lowest BCUT2D eigenvalue weighted by molar-refractivity contribution is 0.196. The van der Waals surface area contributed by atoms with Crippen LogP contribution in [0.25, 0.3) is 11.1 Å². The molecule has 2 N–H and O–H groups in total. The summed E-state index contributed by atoms with van der Waals surface area (Å²) in [5.41, 5.74) is 1.96. The van der Waals surface area contributed by atoms with Crippen molar-refractivity contribution in [2.45, 2.75) is 25.3 Å². The molecule has 0 radical (unpaired) electrons. The van der Waals surface area contributed by atoms with Crippen molar-refractivity contribution in [3.63, 3.8) is 0 Å². The van der Waals surface area contributed by atoms with Crippen LogP contribution in [0, 0.1) is 11.6 Å². The highest BCUT2D eigenvalue weighted by atomic mass is 19.1. The fraction of sp³-hybridized carbons (Fsp3) is 0.318. The molecular formula is C22H23F2N3O2. The molecule has 0 unspecified atom stereocenters. The number of halogens is 2. The summed E-state index contributed by atoms with van der Waals surface area (Å²) in [6, 6.07) is 9.05. The summed E-state index contributed by atoms with van der Waals surface area (Å²) >= 11 is 0. The number of aromatic amines is 1. The molecule has 5 nitrogen and oxygen atoms in total. The van der Waals surface area contributed by atoms with E-state index in [0.717, 1.165) is 30.6 Å². The normalized spacial score (nSPS) is 17.4. The fourth-order valence-electron chi connectivity index (χ4n) is 4.05. The number of rotatable bonds is 5. The van der Waals surface area contributed by atoms with Crippen LogP contribution in [0.15, 0.2) is 42.6 Å². The molecule has 1 aliphatic rings. The second kappa shape index (κ2) is 8.21. The van der Waals surface area contributed by atoms with Gasteiger partial charge < -0.3 is 9.84 Å². The van der Waals surface area contributed by atoms with Gasteiger partial charge in [0.05, 0.1) is 18.9 Å². The molecule has 2 heterocycles. The van der Waals surface area contributed by atoms with E-state index in [1.807, 2.05) is 6.07 Å². The number of piperidine rings is 1. The largest absolute Gasteiger partial charge is 0.508 e. The topological polar surface area (TPSA) is 61.4 Å². The van der Waals surface area contributed by atoms with E-state index in [2.05, 4.69) is 15.1 Å². The van der Waals surface area contributed by atoms with E-state index in [0.29, 0.717) is 24.4 Å². The molecular weight excluding hydrogens is 376 g/mol. The fourth-order valence-corrected chi connectivity index (χ4v) is 4.05. The number of ether oxygens (including phenoxy) is 1. The van der Waals surface area contributed by atoms with Gasteiger partial charge in [-0.2, -0.15) is 5.10 Å². The molecule has 7 heteroatoms. The lowest BCUT2D eigenvalue weighted by Crippen LogP contribution is -2.34. The molecule has 0 spiro atoms. The maximum absolute atomic E-state index is 14.3. The van der Waals surface area contributed by atoms with Gasteiger partial charge in [-0.05, 0) is 49.7 Å². The van der Waals surface area contributed by atoms with Gasteiger partial charge in [0.1, 0.15) is 23.1 Å². The molecule has 2 aromatic carbocycles. The quantitative estimate of drug-likeness (QED) is 0.666. The molecule has 4 rings (SSSR count). The van der Waals surface area contributed by atoms with Crippen LogP contribution in [0.1, 0.15) is 30.0 Å². The molecule has 0 amide bonds. The van der Waals surface area contributed by atoms with Crippen molar-refractivity contribution in [1.29, 1.82) is 0 Å². The Kier molecular flexibility index (Phi) is 5.49. The Morgan fingerprint density at radius 3 is 2.79 bits per heavy atom. The SMILES string of the molecule is COc1ccc(O)c(CN2CCC[C@H](c3[nH]ncc3-c3c(F)cccc3F)C2)c1. The van der Waals surface area contributed by atoms with Gasteiger partial charge in [-0.25, -0.2) is 8.78 Å². The summed E-state index contributed by atoms with van der Waals surface area (Å²) in [5, 5.41) is 17.2. The molecule has 1 aliphatic heterocycles. The first-order valence-corrected chi connectivity index (χ1v) is 9.62. The number of phenolic OH excluding ortho intramolecular Hbond substituents is 1. The number of H-pyrrole nitrogens is 1. The van der Waals surface area contributed by atoms with Gasteiger partial charge in [0.25, 0.3) is 0 Å². The number of hydrogen-bond donors (Lipinski definition) is 2. The van der Waals surface area contributed by atoms with Gasteiger partial charge >= 0.3 is 0 Å². The first kappa shape index (κ1) is 19.4. The zero-order valence-corrected chi connectivity index (χ0v) is 16.2. The van der Waals surface area contributed by atoms with E-state index in [4.69, 9.17) is 4.74 Å². The molecule has 1 aromatic heterocycles. The van der Waals surface area contributed by atoms with Crippen molar-refractivity contribution in [1.82, 2.24) is 15.1 Å². The van der Waals surface area contributed by atoms with E-state index >= 15 is 0 Å². The second-order valence-electron chi connectivity index (χ2n) is 7.36. The van der Waals surface area contributed by atoms with E-state index in [1.165, 1.54) is 24.4 Å². The Hall–Kier alpha value is -2.93. The number of phenols is 1. The molecule has 0 saturated carbocycles. The summed E-state index contributed by atoms with van der Waals surface area (Å²) < 4.78 is 33.9. The first-order valence-electron chi connectivity index (χ1n) is 9.62. The van der Waals surface area contributed by atoms with Crippen LogP contribution in [0.2, 0.25) is 0 Å². The molecule has 1 saturated heterocycles. The maximum Gasteiger partial charge on any atom is 0.134 e. The predicted octanol–water partition coefficient (Wildman–Crippen LogP) is 4.45. The summed E-state index contributed by atoms with van der Waals surface area (Å²) in [6.45, 7) is 2.14. The van der Waals surface area contributed by atoms with Crippen molar-refractivity contribution < 1.29 is 18.6 Å². The Balaban J connectivity index is 1.57. The minimum atomic E-state index is -0.596. The monoisotopic (exact) mass is 399 g/mol. The van der Waals surface area contributed by atoms with E-state index in [-0.39, 0.29) is 17.2 Å². The molecule has 1 fully saturated rings. The summed E-state index contributed by atoms with van der Waals surface area (Å²) in [4.78, 5) is 2.23. The number of aromatic nitrogens is 2. The highest BCUT2D eigenvalue weighted by molar-refractivity contribution is 5.67. The first-order chi connectivity index (χ1) is 14.1. The van der Waals surface area contributed by atoms with Crippen molar-refractivity contribution >= 4 is 0 Å². The zero-order chi connectivity index (χ0) is 20.4. The zero-order valence-electron chi connectivity index (χ0n) is 16.2. The van der Waals surface area contributed by atoms with Crippen molar-refractivity contribution in [2.75, 3.05) is 20.2 Å². The third-order valence-corrected chi connectivity index (χ3v) is 5.50. The van der Waals surface area contributed by atoms with E-state index in [9.17, 15) is 13.9 Å². The maximum atomic E-state index is 14.3. The minimum Gasteiger partial charge on any atom is -0.508 e. The van der Waals surface area contributed by atoms with Crippen LogP contribution in [0.3, 0.4) is 0 Å². The number of hydrogen-bond acceptors (Lipinski definition) is 4. The average Bonchev–Trinajstić information content (AvgIpc) is 3.19. The smallest absolute Gasteiger partial charge is 0.134 e. The van der Waals surface area contributed by atoms with Crippen molar-refractivity contribution in [3.05, 3.63) is 65.5 Å². The number of methoxy groups -OCH3 is 1. The third-order valence-electron chi connectivity index (χ3n) is 5.50. The number of likely N-dealkylation sites (tertiary alicyclic amines) is 1. The van der Waals surface area contributed by atoms with Gasteiger partial charge in [-0.3, -0.25) is 10.00 Å². The highest BCUT2D eigenvalue weighted by Crippen LogP contribution is 2.36. The lowest BCUT2D eigenvalue weighted by Gasteiger charge is -2.33. The van der Waals surface area contributed by atoms with Crippen LogP contribution in [-0.2, 0) is 6.54 Å². The molecule has 1 atom stereocenters. The van der Waals surface area contributed by atoms with Gasteiger partial charge in [0.15, 0.2) is 0 Å². The summed E-state index contributed by atoms with van der Waals surface area (Å²) in [6.07, 6.45) is 3.32. The number of aromatic hydroxyl groups is 1. The lowest BCUT2D eigenvalue weighted by atomic mass is 9.90. The Labute approximate surface area is 167 Å². The van der Waals surface area contributed by atoms with Gasteiger partial charge in [0, 0.05) is 35.8 Å². The van der Waals surface area contributed by atoms with Gasteiger partial charge in [-0.15, -0.1) is 0 Å². The number of nitrogens with zero attached hydrogens (tertiary/aromatic N) is 2. The van der Waals surface area contributed by atoms with E-state index < -0.39 is 11.6 Å². The average molecular weight is 399 g/mol. The number of benzene rings is 2. The van der Waals surface area contributed by atoms with Crippen LogP contribution in [0.4, 0.5) is 8.78 Å². The standard InChI is InChI=1S/C22H23F2N3O2/c1-29-16-7-8-20(28)15(10-16)13-27-9-3-4-14(12-27)22-17(11-25-26-22)21-18(23)5-2-6-19(21)24/h2,5-8,10-11,14,28H,3-4,9,12-13H2,1H3,(H,25,26)/t14-/m0/s1. The summed E-state index contributed by atoms with van der Waals surface area (Å²) in [5.74, 6) is -0.211. The van der Waals surface area contributed by atoms with Crippen molar-refractivity contribution in [2.24, 2.45) is 0 Å².